The molecule has 1 aromatic rings. The molecule has 2 N–H and O–H groups in total. The number of rotatable bonds is 3. The average Bonchev–Trinajstić information content (AvgIpc) is 2.77. The van der Waals surface area contributed by atoms with Crippen LogP contribution in [0.4, 0.5) is 10.1 Å². The van der Waals surface area contributed by atoms with Gasteiger partial charge in [-0.25, -0.2) is 4.39 Å². The van der Waals surface area contributed by atoms with E-state index >= 15 is 0 Å². The lowest BCUT2D eigenvalue weighted by molar-refractivity contribution is -0.116. The summed E-state index contributed by atoms with van der Waals surface area (Å²) in [5, 5.41) is 6.02. The van der Waals surface area contributed by atoms with Gasteiger partial charge in [-0.05, 0) is 38.4 Å². The standard InChI is InChI=1S/C13H17FN2O/c1-9-11(14)5-2-6-12(9)16-13(17)8-10-4-3-7-15-10/h2,5-6,10,15H,3-4,7-8H2,1H3,(H,16,17). The largest absolute Gasteiger partial charge is 0.326 e. The molecular formula is C13H17FN2O. The molecular weight excluding hydrogens is 219 g/mol. The van der Waals surface area contributed by atoms with Crippen molar-refractivity contribution in [3.63, 3.8) is 0 Å². The van der Waals surface area contributed by atoms with Crippen LogP contribution in [0.2, 0.25) is 0 Å². The molecule has 4 heteroatoms. The lowest BCUT2D eigenvalue weighted by Crippen LogP contribution is -2.27. The lowest BCUT2D eigenvalue weighted by Gasteiger charge is -2.12. The Morgan fingerprint density at radius 1 is 1.59 bits per heavy atom. The minimum absolute atomic E-state index is 0.0573. The van der Waals surface area contributed by atoms with Gasteiger partial charge in [0.1, 0.15) is 5.82 Å². The topological polar surface area (TPSA) is 41.1 Å². The predicted octanol–water partition coefficient (Wildman–Crippen LogP) is 2.21. The number of anilines is 1. The minimum atomic E-state index is -0.290. The first-order valence-corrected chi connectivity index (χ1v) is 5.95. The van der Waals surface area contributed by atoms with Gasteiger partial charge in [0.15, 0.2) is 0 Å². The van der Waals surface area contributed by atoms with Crippen molar-refractivity contribution < 1.29 is 9.18 Å². The highest BCUT2D eigenvalue weighted by molar-refractivity contribution is 5.91. The summed E-state index contributed by atoms with van der Waals surface area (Å²) in [5.74, 6) is -0.347. The summed E-state index contributed by atoms with van der Waals surface area (Å²) >= 11 is 0. The molecule has 1 atom stereocenters. The van der Waals surface area contributed by atoms with Gasteiger partial charge in [-0.1, -0.05) is 6.07 Å². The summed E-state index contributed by atoms with van der Waals surface area (Å²) in [4.78, 5) is 11.8. The van der Waals surface area contributed by atoms with Crippen LogP contribution in [-0.4, -0.2) is 18.5 Å². The Morgan fingerprint density at radius 2 is 2.41 bits per heavy atom. The van der Waals surface area contributed by atoms with E-state index in [1.165, 1.54) is 6.07 Å². The third-order valence-electron chi connectivity index (χ3n) is 3.14. The molecule has 1 saturated heterocycles. The van der Waals surface area contributed by atoms with Gasteiger partial charge in [-0.2, -0.15) is 0 Å². The van der Waals surface area contributed by atoms with Gasteiger partial charge >= 0.3 is 0 Å². The molecule has 92 valence electrons. The van der Waals surface area contributed by atoms with Crippen LogP contribution in [0.25, 0.3) is 0 Å². The van der Waals surface area contributed by atoms with Crippen LogP contribution in [0.1, 0.15) is 24.8 Å². The SMILES string of the molecule is Cc1c(F)cccc1NC(=O)CC1CCCN1. The van der Waals surface area contributed by atoms with E-state index in [1.54, 1.807) is 19.1 Å². The van der Waals surface area contributed by atoms with E-state index in [2.05, 4.69) is 10.6 Å². The smallest absolute Gasteiger partial charge is 0.225 e. The summed E-state index contributed by atoms with van der Waals surface area (Å²) in [7, 11) is 0. The highest BCUT2D eigenvalue weighted by atomic mass is 19.1. The molecule has 1 fully saturated rings. The maximum absolute atomic E-state index is 13.3. The van der Waals surface area contributed by atoms with Crippen LogP contribution in [-0.2, 0) is 4.79 Å². The zero-order chi connectivity index (χ0) is 12.3. The van der Waals surface area contributed by atoms with Crippen molar-refractivity contribution in [1.29, 1.82) is 0 Å². The predicted molar refractivity (Wildman–Crippen MR) is 65.4 cm³/mol. The number of halogens is 1. The number of hydrogen-bond acceptors (Lipinski definition) is 2. The Kier molecular flexibility index (Phi) is 3.74. The molecule has 0 aliphatic carbocycles. The summed E-state index contributed by atoms with van der Waals surface area (Å²) in [5.41, 5.74) is 1.05. The van der Waals surface area contributed by atoms with Crippen molar-refractivity contribution in [2.75, 3.05) is 11.9 Å². The summed E-state index contributed by atoms with van der Waals surface area (Å²) in [6.45, 7) is 2.65. The Bertz CT molecular complexity index is 414. The molecule has 1 aliphatic rings. The Balaban J connectivity index is 1.95. The fourth-order valence-electron chi connectivity index (χ4n) is 2.10. The lowest BCUT2D eigenvalue weighted by atomic mass is 10.1. The average molecular weight is 236 g/mol. The molecule has 1 heterocycles. The van der Waals surface area contributed by atoms with Crippen molar-refractivity contribution in [2.45, 2.75) is 32.2 Å². The summed E-state index contributed by atoms with van der Waals surface area (Å²) < 4.78 is 13.3. The van der Waals surface area contributed by atoms with Crippen molar-refractivity contribution in [1.82, 2.24) is 5.32 Å². The van der Waals surface area contributed by atoms with Gasteiger partial charge in [0.25, 0.3) is 0 Å². The highest BCUT2D eigenvalue weighted by Gasteiger charge is 2.18. The Hall–Kier alpha value is -1.42. The van der Waals surface area contributed by atoms with Crippen molar-refractivity contribution in [3.05, 3.63) is 29.6 Å². The van der Waals surface area contributed by atoms with Crippen LogP contribution >= 0.6 is 0 Å². The van der Waals surface area contributed by atoms with Gasteiger partial charge in [0.05, 0.1) is 0 Å². The first kappa shape index (κ1) is 12.0. The van der Waals surface area contributed by atoms with Crippen molar-refractivity contribution in [3.8, 4) is 0 Å². The second-order valence-corrected chi connectivity index (χ2v) is 4.46. The molecule has 3 nitrogen and oxygen atoms in total. The van der Waals surface area contributed by atoms with E-state index in [-0.39, 0.29) is 17.8 Å². The van der Waals surface area contributed by atoms with Crippen LogP contribution in [0.15, 0.2) is 18.2 Å². The van der Waals surface area contributed by atoms with Crippen LogP contribution < -0.4 is 10.6 Å². The Morgan fingerprint density at radius 3 is 3.12 bits per heavy atom. The third kappa shape index (κ3) is 3.03. The van der Waals surface area contributed by atoms with Crippen LogP contribution in [0, 0.1) is 12.7 Å². The maximum atomic E-state index is 13.3. The van der Waals surface area contributed by atoms with E-state index < -0.39 is 0 Å². The number of hydrogen-bond donors (Lipinski definition) is 2. The molecule has 0 radical (unpaired) electrons. The van der Waals surface area contributed by atoms with Crippen LogP contribution in [0.5, 0.6) is 0 Å². The molecule has 1 aliphatic heterocycles. The van der Waals surface area contributed by atoms with Crippen LogP contribution in [0.3, 0.4) is 0 Å². The number of carbonyl (C=O) groups excluding carboxylic acids is 1. The van der Waals surface area contributed by atoms with E-state index in [9.17, 15) is 9.18 Å². The molecule has 1 amide bonds. The molecule has 1 aromatic carbocycles. The number of benzene rings is 1. The molecule has 17 heavy (non-hydrogen) atoms. The van der Waals surface area contributed by atoms with Gasteiger partial charge in [0.2, 0.25) is 5.91 Å². The second-order valence-electron chi connectivity index (χ2n) is 4.46. The monoisotopic (exact) mass is 236 g/mol. The normalized spacial score (nSPS) is 19.3. The number of amides is 1. The van der Waals surface area contributed by atoms with E-state index in [1.807, 2.05) is 0 Å². The fraction of sp³-hybridized carbons (Fsp3) is 0.462. The second kappa shape index (κ2) is 5.27. The van der Waals surface area contributed by atoms with Crippen molar-refractivity contribution in [2.24, 2.45) is 0 Å². The minimum Gasteiger partial charge on any atom is -0.326 e. The van der Waals surface area contributed by atoms with E-state index in [4.69, 9.17) is 0 Å². The van der Waals surface area contributed by atoms with E-state index in [0.29, 0.717) is 17.7 Å². The number of carbonyl (C=O) groups is 1. The molecule has 0 bridgehead atoms. The fourth-order valence-corrected chi connectivity index (χ4v) is 2.10. The zero-order valence-corrected chi connectivity index (χ0v) is 9.92. The summed E-state index contributed by atoms with van der Waals surface area (Å²) in [6, 6.07) is 4.98. The van der Waals surface area contributed by atoms with Gasteiger partial charge in [-0.3, -0.25) is 4.79 Å². The van der Waals surface area contributed by atoms with E-state index in [0.717, 1.165) is 19.4 Å². The third-order valence-corrected chi connectivity index (χ3v) is 3.14. The maximum Gasteiger partial charge on any atom is 0.225 e. The zero-order valence-electron chi connectivity index (χ0n) is 9.92. The molecule has 0 saturated carbocycles. The van der Waals surface area contributed by atoms with Gasteiger partial charge in [0, 0.05) is 23.7 Å². The quantitative estimate of drug-likeness (QED) is 0.844. The first-order chi connectivity index (χ1) is 8.16. The summed E-state index contributed by atoms with van der Waals surface area (Å²) in [6.07, 6.45) is 2.61. The van der Waals surface area contributed by atoms with Gasteiger partial charge < -0.3 is 10.6 Å². The molecule has 0 spiro atoms. The molecule has 2 rings (SSSR count). The van der Waals surface area contributed by atoms with Gasteiger partial charge in [-0.15, -0.1) is 0 Å². The Labute approximate surface area is 100 Å². The first-order valence-electron chi connectivity index (χ1n) is 5.95. The highest BCUT2D eigenvalue weighted by Crippen LogP contribution is 2.18. The molecule has 0 aromatic heterocycles. The number of nitrogens with one attached hydrogen (secondary N) is 2. The van der Waals surface area contributed by atoms with Crippen molar-refractivity contribution >= 4 is 11.6 Å². The molecule has 1 unspecified atom stereocenters.